The minimum absolute atomic E-state index is 0.551. The molecule has 1 aromatic heterocycles. The number of benzene rings is 1. The molecule has 13 heavy (non-hydrogen) atoms. The largest absolute Gasteiger partial charge is 0.236 e. The molecule has 0 atom stereocenters. The van der Waals surface area contributed by atoms with Crippen molar-refractivity contribution < 1.29 is 0 Å². The Labute approximate surface area is 86.3 Å². The molecule has 0 bridgehead atoms. The third kappa shape index (κ3) is 1.62. The molecule has 0 N–H and O–H groups in total. The van der Waals surface area contributed by atoms with Gasteiger partial charge in [-0.3, -0.25) is 0 Å². The number of aryl methyl sites for hydroxylation is 1. The Morgan fingerprint density at radius 2 is 1.92 bits per heavy atom. The van der Waals surface area contributed by atoms with Crippen LogP contribution in [0.15, 0.2) is 24.3 Å². The molecule has 0 fully saturated rings. The van der Waals surface area contributed by atoms with Crippen LogP contribution in [-0.4, -0.2) is 4.98 Å². The van der Waals surface area contributed by atoms with Gasteiger partial charge in [-0.2, -0.15) is 0 Å². The lowest BCUT2D eigenvalue weighted by molar-refractivity contribution is 1.33. The number of fused-ring (bicyclic) bond motifs is 1. The monoisotopic (exact) mass is 211 g/mol. The van der Waals surface area contributed by atoms with Crippen LogP contribution in [0.25, 0.3) is 10.9 Å². The maximum absolute atomic E-state index is 5.88. The molecule has 0 aliphatic carbocycles. The molecule has 0 aliphatic rings. The van der Waals surface area contributed by atoms with Gasteiger partial charge in [0.2, 0.25) is 0 Å². The van der Waals surface area contributed by atoms with Crippen molar-refractivity contribution in [2.75, 3.05) is 0 Å². The van der Waals surface area contributed by atoms with Crippen molar-refractivity contribution in [3.8, 4) is 0 Å². The van der Waals surface area contributed by atoms with Gasteiger partial charge in [0.05, 0.1) is 5.52 Å². The van der Waals surface area contributed by atoms with E-state index in [9.17, 15) is 0 Å². The van der Waals surface area contributed by atoms with E-state index in [1.165, 1.54) is 0 Å². The number of hydrogen-bond donors (Lipinski definition) is 0. The second-order valence-corrected chi connectivity index (χ2v) is 3.73. The van der Waals surface area contributed by atoms with Gasteiger partial charge in [-0.05, 0) is 36.8 Å². The van der Waals surface area contributed by atoms with E-state index in [1.807, 2.05) is 31.2 Å². The normalized spacial score (nSPS) is 10.7. The number of rotatable bonds is 0. The number of aromatic nitrogens is 1. The van der Waals surface area contributed by atoms with Crippen LogP contribution in [0.5, 0.6) is 0 Å². The first-order chi connectivity index (χ1) is 6.16. The van der Waals surface area contributed by atoms with Gasteiger partial charge in [-0.1, -0.05) is 23.2 Å². The summed E-state index contributed by atoms with van der Waals surface area (Å²) in [4.78, 5) is 4.22. The summed E-state index contributed by atoms with van der Waals surface area (Å²) in [6.07, 6.45) is 0. The fourth-order valence-corrected chi connectivity index (χ4v) is 1.56. The SMILES string of the molecule is Cc1cc2cc(Cl)ccc2nc1Cl. The summed E-state index contributed by atoms with van der Waals surface area (Å²) in [7, 11) is 0. The fraction of sp³-hybridized carbons (Fsp3) is 0.100. The molecule has 0 aliphatic heterocycles. The molecule has 1 aromatic carbocycles. The third-order valence-corrected chi connectivity index (χ3v) is 2.52. The number of nitrogens with zero attached hydrogens (tertiary/aromatic N) is 1. The summed E-state index contributed by atoms with van der Waals surface area (Å²) in [6.45, 7) is 1.93. The van der Waals surface area contributed by atoms with E-state index in [1.54, 1.807) is 0 Å². The predicted octanol–water partition coefficient (Wildman–Crippen LogP) is 3.85. The maximum atomic E-state index is 5.88. The van der Waals surface area contributed by atoms with Gasteiger partial charge in [0.1, 0.15) is 5.15 Å². The lowest BCUT2D eigenvalue weighted by atomic mass is 10.2. The van der Waals surface area contributed by atoms with Gasteiger partial charge in [-0.15, -0.1) is 0 Å². The van der Waals surface area contributed by atoms with Crippen molar-refractivity contribution in [3.63, 3.8) is 0 Å². The Hall–Kier alpha value is -0.790. The summed E-state index contributed by atoms with van der Waals surface area (Å²) >= 11 is 11.7. The predicted molar refractivity (Wildman–Crippen MR) is 56.5 cm³/mol. The zero-order chi connectivity index (χ0) is 9.42. The van der Waals surface area contributed by atoms with Gasteiger partial charge in [0.25, 0.3) is 0 Å². The Balaban J connectivity index is 2.81. The summed E-state index contributed by atoms with van der Waals surface area (Å²) < 4.78 is 0. The number of halogens is 2. The van der Waals surface area contributed by atoms with Crippen LogP contribution >= 0.6 is 23.2 Å². The van der Waals surface area contributed by atoms with Crippen molar-refractivity contribution in [2.45, 2.75) is 6.92 Å². The first kappa shape index (κ1) is 8.79. The molecule has 0 saturated carbocycles. The van der Waals surface area contributed by atoms with Crippen LogP contribution in [0.3, 0.4) is 0 Å². The van der Waals surface area contributed by atoms with Crippen molar-refractivity contribution in [3.05, 3.63) is 40.0 Å². The van der Waals surface area contributed by atoms with Crippen LogP contribution in [0.2, 0.25) is 10.2 Å². The first-order valence-electron chi connectivity index (χ1n) is 3.89. The van der Waals surface area contributed by atoms with Crippen molar-refractivity contribution >= 4 is 34.1 Å². The first-order valence-corrected chi connectivity index (χ1v) is 4.65. The molecular formula is C10H7Cl2N. The lowest BCUT2D eigenvalue weighted by Gasteiger charge is -2.01. The molecule has 66 valence electrons. The standard InChI is InChI=1S/C10H7Cl2N/c1-6-4-7-5-8(11)2-3-9(7)13-10(6)12/h2-5H,1H3. The Morgan fingerprint density at radius 3 is 2.69 bits per heavy atom. The highest BCUT2D eigenvalue weighted by atomic mass is 35.5. The van der Waals surface area contributed by atoms with Crippen molar-refractivity contribution in [1.82, 2.24) is 4.98 Å². The molecule has 1 nitrogen and oxygen atoms in total. The van der Waals surface area contributed by atoms with Crippen molar-refractivity contribution in [2.24, 2.45) is 0 Å². The molecule has 3 heteroatoms. The number of hydrogen-bond acceptors (Lipinski definition) is 1. The zero-order valence-corrected chi connectivity index (χ0v) is 8.52. The molecule has 1 heterocycles. The second-order valence-electron chi connectivity index (χ2n) is 2.93. The average Bonchev–Trinajstić information content (AvgIpc) is 2.08. The topological polar surface area (TPSA) is 12.9 Å². The smallest absolute Gasteiger partial charge is 0.132 e. The highest BCUT2D eigenvalue weighted by molar-refractivity contribution is 6.32. The molecule has 0 radical (unpaired) electrons. The highest BCUT2D eigenvalue weighted by Gasteiger charge is 2.00. The van der Waals surface area contributed by atoms with Crippen LogP contribution < -0.4 is 0 Å². The van der Waals surface area contributed by atoms with Crippen LogP contribution in [0.4, 0.5) is 0 Å². The van der Waals surface area contributed by atoms with Gasteiger partial charge in [0, 0.05) is 10.4 Å². The van der Waals surface area contributed by atoms with Crippen LogP contribution in [0, 0.1) is 6.92 Å². The summed E-state index contributed by atoms with van der Waals surface area (Å²) in [5.41, 5.74) is 1.84. The molecular weight excluding hydrogens is 205 g/mol. The lowest BCUT2D eigenvalue weighted by Crippen LogP contribution is -1.83. The summed E-state index contributed by atoms with van der Waals surface area (Å²) in [6, 6.07) is 7.54. The fourth-order valence-electron chi connectivity index (χ4n) is 1.23. The van der Waals surface area contributed by atoms with Gasteiger partial charge >= 0.3 is 0 Å². The number of pyridine rings is 1. The molecule has 2 aromatic rings. The minimum Gasteiger partial charge on any atom is -0.236 e. The van der Waals surface area contributed by atoms with E-state index in [0.717, 1.165) is 21.5 Å². The third-order valence-electron chi connectivity index (χ3n) is 1.91. The zero-order valence-electron chi connectivity index (χ0n) is 7.01. The molecule has 2 rings (SSSR count). The van der Waals surface area contributed by atoms with Crippen LogP contribution in [0.1, 0.15) is 5.56 Å². The van der Waals surface area contributed by atoms with E-state index in [2.05, 4.69) is 4.98 Å². The maximum Gasteiger partial charge on any atom is 0.132 e. The van der Waals surface area contributed by atoms with Gasteiger partial charge < -0.3 is 0 Å². The second kappa shape index (κ2) is 3.17. The van der Waals surface area contributed by atoms with E-state index >= 15 is 0 Å². The van der Waals surface area contributed by atoms with E-state index in [-0.39, 0.29) is 0 Å². The van der Waals surface area contributed by atoms with Gasteiger partial charge in [-0.25, -0.2) is 4.98 Å². The Bertz CT molecular complexity index is 466. The molecule has 0 saturated heterocycles. The van der Waals surface area contributed by atoms with E-state index < -0.39 is 0 Å². The summed E-state index contributed by atoms with van der Waals surface area (Å²) in [5, 5.41) is 2.29. The average molecular weight is 212 g/mol. The van der Waals surface area contributed by atoms with Crippen LogP contribution in [-0.2, 0) is 0 Å². The van der Waals surface area contributed by atoms with E-state index in [0.29, 0.717) is 5.15 Å². The van der Waals surface area contributed by atoms with Gasteiger partial charge in [0.15, 0.2) is 0 Å². The van der Waals surface area contributed by atoms with E-state index in [4.69, 9.17) is 23.2 Å². The quantitative estimate of drug-likeness (QED) is 0.604. The molecule has 0 unspecified atom stereocenters. The Kier molecular flexibility index (Phi) is 2.14. The molecule has 0 spiro atoms. The minimum atomic E-state index is 0.551. The van der Waals surface area contributed by atoms with Crippen molar-refractivity contribution in [1.29, 1.82) is 0 Å². The Morgan fingerprint density at radius 1 is 1.15 bits per heavy atom. The summed E-state index contributed by atoms with van der Waals surface area (Å²) in [5.74, 6) is 0. The highest BCUT2D eigenvalue weighted by Crippen LogP contribution is 2.22. The molecule has 0 amide bonds.